The van der Waals surface area contributed by atoms with Gasteiger partial charge in [0.05, 0.1) is 5.60 Å². The van der Waals surface area contributed by atoms with Crippen molar-refractivity contribution in [3.05, 3.63) is 0 Å². The Bertz CT molecular complexity index is 262. The second-order valence-corrected chi connectivity index (χ2v) is 6.68. The zero-order valence-electron chi connectivity index (χ0n) is 13.0. The Hall–Kier alpha value is -0.610. The van der Waals surface area contributed by atoms with Crippen LogP contribution < -0.4 is 5.73 Å². The number of carboxylic acids is 1. The molecule has 0 atom stereocenters. The van der Waals surface area contributed by atoms with E-state index in [1.54, 1.807) is 0 Å². The quantitative estimate of drug-likeness (QED) is 0.567. The second-order valence-electron chi connectivity index (χ2n) is 6.68. The zero-order chi connectivity index (χ0) is 14.9. The number of unbranched alkanes of at least 4 members (excludes halogenated alkanes) is 2. The van der Waals surface area contributed by atoms with Gasteiger partial charge in [-0.25, -0.2) is 0 Å². The number of carbonyl (C=O) groups is 1. The predicted molar refractivity (Wildman–Crippen MR) is 78.2 cm³/mol. The molecule has 3 N–H and O–H groups in total. The maximum atomic E-state index is 10.4. The standard InChI is InChI=1S/C15H31NO3/c1-14(2,12-16)10-11-19-15(3,4)9-7-5-6-8-13(17)18/h5-12,16H2,1-4H3,(H,17,18). The van der Waals surface area contributed by atoms with Crippen LogP contribution in [0, 0.1) is 5.41 Å². The minimum absolute atomic E-state index is 0.131. The minimum atomic E-state index is -0.709. The van der Waals surface area contributed by atoms with Crippen LogP contribution in [0.2, 0.25) is 0 Å². The molecule has 0 aromatic carbocycles. The molecule has 0 heterocycles. The first-order chi connectivity index (χ1) is 8.68. The topological polar surface area (TPSA) is 72.5 Å². The molecule has 0 aliphatic carbocycles. The molecule has 0 saturated carbocycles. The zero-order valence-corrected chi connectivity index (χ0v) is 13.0. The Labute approximate surface area is 117 Å². The molecule has 4 nitrogen and oxygen atoms in total. The van der Waals surface area contributed by atoms with Crippen molar-refractivity contribution < 1.29 is 14.6 Å². The van der Waals surface area contributed by atoms with Gasteiger partial charge in [0.15, 0.2) is 0 Å². The normalized spacial score (nSPS) is 12.7. The van der Waals surface area contributed by atoms with Crippen molar-refractivity contribution in [2.45, 2.75) is 71.8 Å². The third kappa shape index (κ3) is 11.0. The van der Waals surface area contributed by atoms with Crippen LogP contribution in [0.3, 0.4) is 0 Å². The molecule has 0 unspecified atom stereocenters. The second kappa shape index (κ2) is 8.54. The van der Waals surface area contributed by atoms with Crippen LogP contribution in [0.25, 0.3) is 0 Å². The third-order valence-electron chi connectivity index (χ3n) is 3.49. The van der Waals surface area contributed by atoms with Gasteiger partial charge < -0.3 is 15.6 Å². The molecular weight excluding hydrogens is 242 g/mol. The van der Waals surface area contributed by atoms with Crippen LogP contribution in [0.15, 0.2) is 0 Å². The fourth-order valence-electron chi connectivity index (χ4n) is 1.78. The number of nitrogens with two attached hydrogens (primary N) is 1. The molecule has 0 aromatic rings. The fourth-order valence-corrected chi connectivity index (χ4v) is 1.78. The van der Waals surface area contributed by atoms with Gasteiger partial charge in [0.1, 0.15) is 0 Å². The lowest BCUT2D eigenvalue weighted by Crippen LogP contribution is -2.29. The van der Waals surface area contributed by atoms with Crippen molar-refractivity contribution in [1.29, 1.82) is 0 Å². The van der Waals surface area contributed by atoms with Crippen molar-refractivity contribution in [3.63, 3.8) is 0 Å². The highest BCUT2D eigenvalue weighted by Gasteiger charge is 2.21. The van der Waals surface area contributed by atoms with Gasteiger partial charge in [-0.3, -0.25) is 4.79 Å². The predicted octanol–water partition coefficient (Wildman–Crippen LogP) is 3.19. The Morgan fingerprint density at radius 2 is 1.74 bits per heavy atom. The lowest BCUT2D eigenvalue weighted by molar-refractivity contribution is -0.137. The molecule has 0 rings (SSSR count). The molecule has 0 bridgehead atoms. The van der Waals surface area contributed by atoms with Crippen LogP contribution in [0.1, 0.15) is 66.2 Å². The van der Waals surface area contributed by atoms with Gasteiger partial charge in [0, 0.05) is 13.0 Å². The fraction of sp³-hybridized carbons (Fsp3) is 0.933. The summed E-state index contributed by atoms with van der Waals surface area (Å²) in [6.45, 7) is 9.89. The van der Waals surface area contributed by atoms with E-state index in [4.69, 9.17) is 15.6 Å². The van der Waals surface area contributed by atoms with Gasteiger partial charge in [-0.05, 0) is 45.1 Å². The summed E-state index contributed by atoms with van der Waals surface area (Å²) in [6, 6.07) is 0. The molecule has 0 amide bonds. The highest BCUT2D eigenvalue weighted by molar-refractivity contribution is 5.66. The van der Waals surface area contributed by atoms with E-state index in [0.717, 1.165) is 38.7 Å². The molecule has 0 spiro atoms. The molecule has 4 heteroatoms. The van der Waals surface area contributed by atoms with Crippen molar-refractivity contribution in [2.75, 3.05) is 13.2 Å². The Balaban J connectivity index is 3.71. The van der Waals surface area contributed by atoms with Crippen LogP contribution in [0.5, 0.6) is 0 Å². The highest BCUT2D eigenvalue weighted by atomic mass is 16.5. The van der Waals surface area contributed by atoms with E-state index in [-0.39, 0.29) is 17.4 Å². The van der Waals surface area contributed by atoms with Crippen molar-refractivity contribution in [3.8, 4) is 0 Å². The Kier molecular flexibility index (Phi) is 8.26. The Morgan fingerprint density at radius 1 is 1.11 bits per heavy atom. The van der Waals surface area contributed by atoms with Crippen molar-refractivity contribution in [1.82, 2.24) is 0 Å². The lowest BCUT2D eigenvalue weighted by Gasteiger charge is -2.28. The highest BCUT2D eigenvalue weighted by Crippen LogP contribution is 2.23. The summed E-state index contributed by atoms with van der Waals surface area (Å²) in [6.07, 6.45) is 4.92. The number of hydrogen-bond acceptors (Lipinski definition) is 3. The van der Waals surface area contributed by atoms with Gasteiger partial charge in [-0.15, -0.1) is 0 Å². The summed E-state index contributed by atoms with van der Waals surface area (Å²) in [5.41, 5.74) is 5.70. The first-order valence-corrected chi connectivity index (χ1v) is 7.24. The van der Waals surface area contributed by atoms with Gasteiger partial charge in [-0.1, -0.05) is 26.7 Å². The van der Waals surface area contributed by atoms with E-state index in [1.165, 1.54) is 0 Å². The maximum absolute atomic E-state index is 10.4. The molecule has 0 aliphatic heterocycles. The summed E-state index contributed by atoms with van der Waals surface area (Å²) in [5.74, 6) is -0.709. The summed E-state index contributed by atoms with van der Waals surface area (Å²) < 4.78 is 5.92. The average Bonchev–Trinajstić information content (AvgIpc) is 2.27. The van der Waals surface area contributed by atoms with E-state index in [2.05, 4.69) is 27.7 Å². The monoisotopic (exact) mass is 273 g/mol. The van der Waals surface area contributed by atoms with E-state index >= 15 is 0 Å². The van der Waals surface area contributed by atoms with Crippen LogP contribution in [-0.4, -0.2) is 29.8 Å². The van der Waals surface area contributed by atoms with E-state index in [9.17, 15) is 4.79 Å². The van der Waals surface area contributed by atoms with Crippen LogP contribution >= 0.6 is 0 Å². The van der Waals surface area contributed by atoms with Gasteiger partial charge in [0.2, 0.25) is 0 Å². The van der Waals surface area contributed by atoms with E-state index in [0.29, 0.717) is 6.54 Å². The number of carboxylic acid groups (broad SMARTS) is 1. The minimum Gasteiger partial charge on any atom is -0.481 e. The van der Waals surface area contributed by atoms with E-state index < -0.39 is 5.97 Å². The smallest absolute Gasteiger partial charge is 0.303 e. The van der Waals surface area contributed by atoms with Gasteiger partial charge in [0.25, 0.3) is 0 Å². The summed E-state index contributed by atoms with van der Waals surface area (Å²) in [4.78, 5) is 10.4. The molecule has 114 valence electrons. The number of rotatable bonds is 11. The van der Waals surface area contributed by atoms with Crippen molar-refractivity contribution in [2.24, 2.45) is 11.1 Å². The third-order valence-corrected chi connectivity index (χ3v) is 3.49. The lowest BCUT2D eigenvalue weighted by atomic mass is 9.90. The molecule has 0 aromatic heterocycles. The van der Waals surface area contributed by atoms with Crippen molar-refractivity contribution >= 4 is 5.97 Å². The average molecular weight is 273 g/mol. The molecule has 0 saturated heterocycles. The van der Waals surface area contributed by atoms with Gasteiger partial charge in [-0.2, -0.15) is 0 Å². The summed E-state index contributed by atoms with van der Waals surface area (Å²) in [5, 5.41) is 8.55. The molecule has 0 radical (unpaired) electrons. The number of aliphatic carboxylic acids is 1. The first kappa shape index (κ1) is 18.4. The number of ether oxygens (including phenoxy) is 1. The molecule has 0 aliphatic rings. The molecular formula is C15H31NO3. The molecule has 0 fully saturated rings. The van der Waals surface area contributed by atoms with Crippen LogP contribution in [0.4, 0.5) is 0 Å². The van der Waals surface area contributed by atoms with Gasteiger partial charge >= 0.3 is 5.97 Å². The Morgan fingerprint density at radius 3 is 2.26 bits per heavy atom. The maximum Gasteiger partial charge on any atom is 0.303 e. The summed E-state index contributed by atoms with van der Waals surface area (Å²) in [7, 11) is 0. The van der Waals surface area contributed by atoms with Crippen LogP contribution in [-0.2, 0) is 9.53 Å². The first-order valence-electron chi connectivity index (χ1n) is 7.24. The van der Waals surface area contributed by atoms with E-state index in [1.807, 2.05) is 0 Å². The SMILES string of the molecule is CC(C)(CN)CCOC(C)(C)CCCCCC(=O)O. The number of hydrogen-bond donors (Lipinski definition) is 2. The molecule has 19 heavy (non-hydrogen) atoms. The largest absolute Gasteiger partial charge is 0.481 e. The summed E-state index contributed by atoms with van der Waals surface area (Å²) >= 11 is 0.